The number of aliphatic hydroxyl groups excluding tert-OH is 1. The van der Waals surface area contributed by atoms with E-state index in [9.17, 15) is 13.5 Å². The first-order chi connectivity index (χ1) is 8.03. The zero-order valence-corrected chi connectivity index (χ0v) is 11.7. The lowest BCUT2D eigenvalue weighted by atomic mass is 9.98. The van der Waals surface area contributed by atoms with Crippen molar-refractivity contribution in [2.45, 2.75) is 64.4 Å². The van der Waals surface area contributed by atoms with Crippen molar-refractivity contribution >= 4 is 9.84 Å². The normalized spacial score (nSPS) is 19.6. The Morgan fingerprint density at radius 1 is 1.24 bits per heavy atom. The van der Waals surface area contributed by atoms with Crippen LogP contribution in [0.3, 0.4) is 0 Å². The van der Waals surface area contributed by atoms with Crippen LogP contribution in [0.1, 0.15) is 58.3 Å². The van der Waals surface area contributed by atoms with Crippen LogP contribution in [0.2, 0.25) is 0 Å². The van der Waals surface area contributed by atoms with Gasteiger partial charge in [-0.05, 0) is 31.6 Å². The van der Waals surface area contributed by atoms with Crippen molar-refractivity contribution < 1.29 is 13.5 Å². The molecular formula is C13H26O3S. The van der Waals surface area contributed by atoms with E-state index >= 15 is 0 Å². The van der Waals surface area contributed by atoms with Crippen LogP contribution in [-0.4, -0.2) is 31.1 Å². The van der Waals surface area contributed by atoms with Crippen LogP contribution in [0.25, 0.3) is 0 Å². The van der Waals surface area contributed by atoms with E-state index in [0.29, 0.717) is 12.8 Å². The van der Waals surface area contributed by atoms with E-state index in [0.717, 1.165) is 18.8 Å². The standard InChI is InChI=1S/C13H26O3S/c1-2-17(15,16)11-5-8-13(14)10-9-12-6-3-4-7-12/h12-14H,2-11H2,1H3. The van der Waals surface area contributed by atoms with Crippen molar-refractivity contribution in [1.82, 2.24) is 0 Å². The van der Waals surface area contributed by atoms with Gasteiger partial charge in [0.05, 0.1) is 11.9 Å². The molecule has 17 heavy (non-hydrogen) atoms. The molecule has 1 aliphatic carbocycles. The fourth-order valence-corrected chi connectivity index (χ4v) is 3.45. The van der Waals surface area contributed by atoms with Crippen LogP contribution in [0.15, 0.2) is 0 Å². The second-order valence-electron chi connectivity index (χ2n) is 5.26. The van der Waals surface area contributed by atoms with Gasteiger partial charge in [-0.15, -0.1) is 0 Å². The molecule has 1 fully saturated rings. The summed E-state index contributed by atoms with van der Waals surface area (Å²) in [4.78, 5) is 0. The van der Waals surface area contributed by atoms with Gasteiger partial charge >= 0.3 is 0 Å². The van der Waals surface area contributed by atoms with Gasteiger partial charge in [-0.1, -0.05) is 32.6 Å². The van der Waals surface area contributed by atoms with Crippen molar-refractivity contribution in [3.8, 4) is 0 Å². The quantitative estimate of drug-likeness (QED) is 0.731. The van der Waals surface area contributed by atoms with Crippen LogP contribution < -0.4 is 0 Å². The van der Waals surface area contributed by atoms with Crippen molar-refractivity contribution in [2.24, 2.45) is 5.92 Å². The molecule has 0 aromatic heterocycles. The maximum Gasteiger partial charge on any atom is 0.150 e. The van der Waals surface area contributed by atoms with Crippen molar-refractivity contribution in [3.63, 3.8) is 0 Å². The monoisotopic (exact) mass is 262 g/mol. The molecule has 0 aromatic rings. The molecule has 4 heteroatoms. The molecule has 0 aliphatic heterocycles. The Kier molecular flexibility index (Phi) is 6.49. The highest BCUT2D eigenvalue weighted by molar-refractivity contribution is 7.91. The number of aliphatic hydroxyl groups is 1. The summed E-state index contributed by atoms with van der Waals surface area (Å²) in [5, 5.41) is 9.78. The summed E-state index contributed by atoms with van der Waals surface area (Å²) in [7, 11) is -2.86. The molecule has 1 unspecified atom stereocenters. The van der Waals surface area contributed by atoms with Crippen molar-refractivity contribution in [3.05, 3.63) is 0 Å². The molecule has 102 valence electrons. The van der Waals surface area contributed by atoms with E-state index in [1.54, 1.807) is 6.92 Å². The predicted molar refractivity (Wildman–Crippen MR) is 70.8 cm³/mol. The Balaban J connectivity index is 2.06. The zero-order valence-electron chi connectivity index (χ0n) is 10.9. The van der Waals surface area contributed by atoms with Gasteiger partial charge in [0.15, 0.2) is 0 Å². The van der Waals surface area contributed by atoms with E-state index in [1.807, 2.05) is 0 Å². The van der Waals surface area contributed by atoms with E-state index in [1.165, 1.54) is 25.7 Å². The van der Waals surface area contributed by atoms with Gasteiger partial charge in [-0.3, -0.25) is 0 Å². The molecular weight excluding hydrogens is 236 g/mol. The summed E-state index contributed by atoms with van der Waals surface area (Å²) < 4.78 is 22.5. The van der Waals surface area contributed by atoms with Crippen LogP contribution >= 0.6 is 0 Å². The zero-order chi connectivity index (χ0) is 12.7. The maximum absolute atomic E-state index is 11.3. The summed E-state index contributed by atoms with van der Waals surface area (Å²) in [6.45, 7) is 1.67. The van der Waals surface area contributed by atoms with Crippen molar-refractivity contribution in [1.29, 1.82) is 0 Å². The third-order valence-corrected chi connectivity index (χ3v) is 5.61. The molecule has 1 aliphatic rings. The predicted octanol–water partition coefficient (Wildman–Crippen LogP) is 2.53. The summed E-state index contributed by atoms with van der Waals surface area (Å²) in [5.41, 5.74) is 0. The van der Waals surface area contributed by atoms with E-state index in [-0.39, 0.29) is 17.6 Å². The molecule has 0 radical (unpaired) electrons. The third kappa shape index (κ3) is 6.41. The van der Waals surface area contributed by atoms with E-state index < -0.39 is 9.84 Å². The average Bonchev–Trinajstić information content (AvgIpc) is 2.79. The highest BCUT2D eigenvalue weighted by atomic mass is 32.2. The second kappa shape index (κ2) is 7.37. The molecule has 0 saturated heterocycles. The fraction of sp³-hybridized carbons (Fsp3) is 1.00. The van der Waals surface area contributed by atoms with Gasteiger partial charge in [-0.25, -0.2) is 8.42 Å². The molecule has 0 bridgehead atoms. The van der Waals surface area contributed by atoms with Crippen LogP contribution in [0.5, 0.6) is 0 Å². The molecule has 1 atom stereocenters. The molecule has 0 spiro atoms. The Morgan fingerprint density at radius 2 is 1.88 bits per heavy atom. The summed E-state index contributed by atoms with van der Waals surface area (Å²) in [6, 6.07) is 0. The lowest BCUT2D eigenvalue weighted by Gasteiger charge is -2.13. The van der Waals surface area contributed by atoms with Gasteiger partial charge in [0.2, 0.25) is 0 Å². The van der Waals surface area contributed by atoms with Crippen LogP contribution in [0, 0.1) is 5.92 Å². The summed E-state index contributed by atoms with van der Waals surface area (Å²) >= 11 is 0. The molecule has 0 heterocycles. The smallest absolute Gasteiger partial charge is 0.150 e. The first kappa shape index (κ1) is 15.0. The number of hydrogen-bond donors (Lipinski definition) is 1. The molecule has 3 nitrogen and oxygen atoms in total. The average molecular weight is 262 g/mol. The molecule has 0 amide bonds. The highest BCUT2D eigenvalue weighted by Gasteiger charge is 2.16. The highest BCUT2D eigenvalue weighted by Crippen LogP contribution is 2.29. The second-order valence-corrected chi connectivity index (χ2v) is 7.73. The number of sulfone groups is 1. The summed E-state index contributed by atoms with van der Waals surface area (Å²) in [5.74, 6) is 1.25. The van der Waals surface area contributed by atoms with Crippen molar-refractivity contribution in [2.75, 3.05) is 11.5 Å². The van der Waals surface area contributed by atoms with Gasteiger partial charge in [0.1, 0.15) is 9.84 Å². The maximum atomic E-state index is 11.3. The topological polar surface area (TPSA) is 54.4 Å². The fourth-order valence-electron chi connectivity index (χ4n) is 2.55. The van der Waals surface area contributed by atoms with E-state index in [4.69, 9.17) is 0 Å². The Hall–Kier alpha value is -0.0900. The van der Waals surface area contributed by atoms with Gasteiger partial charge in [0, 0.05) is 5.75 Å². The lowest BCUT2D eigenvalue weighted by Crippen LogP contribution is -2.13. The first-order valence-electron chi connectivity index (χ1n) is 6.92. The van der Waals surface area contributed by atoms with Crippen LogP contribution in [-0.2, 0) is 9.84 Å². The largest absolute Gasteiger partial charge is 0.393 e. The minimum absolute atomic E-state index is 0.213. The number of hydrogen-bond acceptors (Lipinski definition) is 3. The van der Waals surface area contributed by atoms with Gasteiger partial charge < -0.3 is 5.11 Å². The van der Waals surface area contributed by atoms with Crippen LogP contribution in [0.4, 0.5) is 0 Å². The van der Waals surface area contributed by atoms with E-state index in [2.05, 4.69) is 0 Å². The molecule has 1 N–H and O–H groups in total. The Labute approximate surface area is 106 Å². The SMILES string of the molecule is CCS(=O)(=O)CCCC(O)CCC1CCCC1. The Morgan fingerprint density at radius 3 is 2.47 bits per heavy atom. The minimum Gasteiger partial charge on any atom is -0.393 e. The number of rotatable bonds is 8. The third-order valence-electron chi connectivity index (χ3n) is 3.82. The van der Waals surface area contributed by atoms with Gasteiger partial charge in [0.25, 0.3) is 0 Å². The Bertz CT molecular complexity index is 292. The molecule has 1 saturated carbocycles. The van der Waals surface area contributed by atoms with Gasteiger partial charge in [-0.2, -0.15) is 0 Å². The molecule has 1 rings (SSSR count). The lowest BCUT2D eigenvalue weighted by molar-refractivity contribution is 0.144. The first-order valence-corrected chi connectivity index (χ1v) is 8.74. The molecule has 0 aromatic carbocycles. The minimum atomic E-state index is -2.86. The summed E-state index contributed by atoms with van der Waals surface area (Å²) in [6.07, 6.45) is 8.20.